The maximum atomic E-state index is 13.3. The maximum absolute atomic E-state index is 13.3. The maximum Gasteiger partial charge on any atom is 0.225 e. The molecule has 2 fully saturated rings. The molecule has 0 unspecified atom stereocenters. The smallest absolute Gasteiger partial charge is 0.225 e. The highest BCUT2D eigenvalue weighted by Gasteiger charge is 2.39. The lowest BCUT2D eigenvalue weighted by Crippen LogP contribution is -2.26. The first kappa shape index (κ1) is 27.6. The molecule has 1 atom stereocenters. The fourth-order valence-electron chi connectivity index (χ4n) is 6.08. The molecule has 1 aromatic heterocycles. The van der Waals surface area contributed by atoms with E-state index in [1.54, 1.807) is 0 Å². The number of aromatic nitrogens is 3. The van der Waals surface area contributed by atoms with Crippen LogP contribution in [0, 0.1) is 25.7 Å². The first-order valence-electron chi connectivity index (χ1n) is 14.8. The van der Waals surface area contributed by atoms with E-state index in [9.17, 15) is 4.79 Å². The van der Waals surface area contributed by atoms with Gasteiger partial charge in [0.1, 0.15) is 11.6 Å². The van der Waals surface area contributed by atoms with Gasteiger partial charge in [-0.3, -0.25) is 4.79 Å². The second-order valence-electron chi connectivity index (χ2n) is 12.3. The van der Waals surface area contributed by atoms with Crippen molar-refractivity contribution in [2.75, 3.05) is 11.9 Å². The summed E-state index contributed by atoms with van der Waals surface area (Å²) in [6.45, 7) is 9.88. The van der Waals surface area contributed by atoms with E-state index in [0.29, 0.717) is 31.6 Å². The van der Waals surface area contributed by atoms with Gasteiger partial charge in [0.05, 0.1) is 6.61 Å². The molecule has 6 heteroatoms. The fraction of sp³-hybridized carbons (Fsp3) is 0.545. The SMILES string of the molecule is Cc1ccc(NC(=O)C[C@H](CCOCc2ccccc2)c2nnc(C3CC(CC(C)C)C3)n2C2CC2)c(C)c1. The number of hydrogen-bond donors (Lipinski definition) is 1. The van der Waals surface area contributed by atoms with Gasteiger partial charge in [0.2, 0.25) is 5.91 Å². The van der Waals surface area contributed by atoms with Gasteiger partial charge in [-0.2, -0.15) is 0 Å². The molecule has 2 saturated carbocycles. The number of nitrogens with one attached hydrogen (secondary N) is 1. The molecule has 3 aromatic rings. The van der Waals surface area contributed by atoms with Gasteiger partial charge < -0.3 is 14.6 Å². The average Bonchev–Trinajstić information content (AvgIpc) is 3.63. The van der Waals surface area contributed by atoms with E-state index in [-0.39, 0.29) is 11.8 Å². The number of nitrogens with zero attached hydrogens (tertiary/aromatic N) is 3. The van der Waals surface area contributed by atoms with Crippen LogP contribution in [0.1, 0.15) is 105 Å². The van der Waals surface area contributed by atoms with Gasteiger partial charge in [-0.1, -0.05) is 61.9 Å². The zero-order chi connectivity index (χ0) is 27.4. The van der Waals surface area contributed by atoms with Gasteiger partial charge in [-0.05, 0) is 81.4 Å². The Bertz CT molecular complexity index is 1240. The third-order valence-electron chi connectivity index (χ3n) is 8.24. The first-order chi connectivity index (χ1) is 18.9. The lowest BCUT2D eigenvalue weighted by atomic mass is 9.71. The first-order valence-corrected chi connectivity index (χ1v) is 14.8. The number of carbonyl (C=O) groups excluding carboxylic acids is 1. The number of rotatable bonds is 13. The zero-order valence-electron chi connectivity index (χ0n) is 24.0. The number of hydrogen-bond acceptors (Lipinski definition) is 4. The lowest BCUT2D eigenvalue weighted by molar-refractivity contribution is -0.116. The number of anilines is 1. The van der Waals surface area contributed by atoms with Gasteiger partial charge in [-0.25, -0.2) is 0 Å². The summed E-state index contributed by atoms with van der Waals surface area (Å²) in [6, 6.07) is 16.9. The summed E-state index contributed by atoms with van der Waals surface area (Å²) in [5, 5.41) is 12.7. The highest BCUT2D eigenvalue weighted by molar-refractivity contribution is 5.92. The highest BCUT2D eigenvalue weighted by atomic mass is 16.5. The largest absolute Gasteiger partial charge is 0.377 e. The van der Waals surface area contributed by atoms with E-state index >= 15 is 0 Å². The number of ether oxygens (including phenoxy) is 1. The van der Waals surface area contributed by atoms with E-state index in [1.807, 2.05) is 37.3 Å². The third-order valence-corrected chi connectivity index (χ3v) is 8.24. The molecule has 1 heterocycles. The Morgan fingerprint density at radius 1 is 1.08 bits per heavy atom. The van der Waals surface area contributed by atoms with Crippen LogP contribution < -0.4 is 5.32 Å². The van der Waals surface area contributed by atoms with Crippen molar-refractivity contribution in [3.8, 4) is 0 Å². The van der Waals surface area contributed by atoms with Gasteiger partial charge in [0, 0.05) is 36.6 Å². The quantitative estimate of drug-likeness (QED) is 0.233. The summed E-state index contributed by atoms with van der Waals surface area (Å²) in [6.07, 6.45) is 7.16. The minimum absolute atomic E-state index is 0.0163. The Hall–Kier alpha value is -2.99. The molecule has 0 saturated heterocycles. The number of benzene rings is 2. The fourth-order valence-corrected chi connectivity index (χ4v) is 6.08. The van der Waals surface area contributed by atoms with Gasteiger partial charge in [0.25, 0.3) is 0 Å². The topological polar surface area (TPSA) is 69.0 Å². The molecule has 0 spiro atoms. The standard InChI is InChI=1S/C33H44N4O2/c1-22(2)16-26-18-28(19-26)33-36-35-32(37(33)29-11-12-29)27(14-15-39-21-25-8-6-5-7-9-25)20-31(38)34-30-13-10-23(3)17-24(30)4/h5-10,13,17,22,26-29H,11-12,14-16,18-21H2,1-4H3,(H,34,38)/t26?,27-,28?/m0/s1. The minimum atomic E-state index is -0.0417. The molecule has 1 amide bonds. The molecule has 0 aliphatic heterocycles. The molecule has 6 nitrogen and oxygen atoms in total. The van der Waals surface area contributed by atoms with Crippen LogP contribution in [0.4, 0.5) is 5.69 Å². The van der Waals surface area contributed by atoms with Gasteiger partial charge in [-0.15, -0.1) is 10.2 Å². The predicted molar refractivity (Wildman–Crippen MR) is 156 cm³/mol. The summed E-state index contributed by atoms with van der Waals surface area (Å²) in [5.41, 5.74) is 4.30. The van der Waals surface area contributed by atoms with E-state index in [0.717, 1.165) is 46.7 Å². The predicted octanol–water partition coefficient (Wildman–Crippen LogP) is 7.49. The van der Waals surface area contributed by atoms with Crippen molar-refractivity contribution in [3.63, 3.8) is 0 Å². The third kappa shape index (κ3) is 7.16. The molecular weight excluding hydrogens is 484 g/mol. The van der Waals surface area contributed by atoms with Crippen molar-refractivity contribution in [1.82, 2.24) is 14.8 Å². The van der Waals surface area contributed by atoms with Crippen LogP contribution in [-0.2, 0) is 16.1 Å². The number of aryl methyl sites for hydroxylation is 2. The minimum Gasteiger partial charge on any atom is -0.377 e. The zero-order valence-corrected chi connectivity index (χ0v) is 24.0. The molecule has 39 heavy (non-hydrogen) atoms. The Morgan fingerprint density at radius 2 is 1.85 bits per heavy atom. The number of carbonyl (C=O) groups is 1. The Kier molecular flexibility index (Phi) is 8.81. The average molecular weight is 529 g/mol. The van der Waals surface area contributed by atoms with E-state index in [4.69, 9.17) is 14.9 Å². The summed E-state index contributed by atoms with van der Waals surface area (Å²) < 4.78 is 8.49. The van der Waals surface area contributed by atoms with Crippen LogP contribution in [0.25, 0.3) is 0 Å². The second-order valence-corrected chi connectivity index (χ2v) is 12.3. The van der Waals surface area contributed by atoms with E-state index < -0.39 is 0 Å². The normalized spacial score (nSPS) is 19.6. The van der Waals surface area contributed by atoms with Crippen LogP contribution >= 0.6 is 0 Å². The lowest BCUT2D eigenvalue weighted by Gasteiger charge is -2.36. The van der Waals surface area contributed by atoms with E-state index in [1.165, 1.54) is 37.7 Å². The Labute approximate surface area is 233 Å². The van der Waals surface area contributed by atoms with Crippen LogP contribution in [0.3, 0.4) is 0 Å². The van der Waals surface area contributed by atoms with Crippen molar-refractivity contribution in [2.24, 2.45) is 11.8 Å². The van der Waals surface area contributed by atoms with Crippen molar-refractivity contribution >= 4 is 11.6 Å². The molecule has 208 valence electrons. The Balaban J connectivity index is 1.31. The summed E-state index contributed by atoms with van der Waals surface area (Å²) in [5.74, 6) is 4.13. The highest BCUT2D eigenvalue weighted by Crippen LogP contribution is 2.48. The molecule has 2 aromatic carbocycles. The van der Waals surface area contributed by atoms with Crippen molar-refractivity contribution in [2.45, 2.75) is 97.1 Å². The summed E-state index contributed by atoms with van der Waals surface area (Å²) in [7, 11) is 0. The van der Waals surface area contributed by atoms with Crippen molar-refractivity contribution in [1.29, 1.82) is 0 Å². The Morgan fingerprint density at radius 3 is 2.54 bits per heavy atom. The van der Waals surface area contributed by atoms with Crippen LogP contribution in [-0.4, -0.2) is 27.3 Å². The van der Waals surface area contributed by atoms with Gasteiger partial charge in [0.15, 0.2) is 0 Å². The van der Waals surface area contributed by atoms with Crippen molar-refractivity contribution in [3.05, 3.63) is 76.9 Å². The molecule has 2 aliphatic rings. The molecule has 5 rings (SSSR count). The molecule has 0 radical (unpaired) electrons. The summed E-state index contributed by atoms with van der Waals surface area (Å²) in [4.78, 5) is 13.3. The molecule has 1 N–H and O–H groups in total. The number of amides is 1. The summed E-state index contributed by atoms with van der Waals surface area (Å²) >= 11 is 0. The van der Waals surface area contributed by atoms with Gasteiger partial charge >= 0.3 is 0 Å². The molecule has 0 bridgehead atoms. The van der Waals surface area contributed by atoms with Crippen molar-refractivity contribution < 1.29 is 9.53 Å². The second kappa shape index (κ2) is 12.5. The van der Waals surface area contributed by atoms with Crippen LogP contribution in [0.2, 0.25) is 0 Å². The molecular formula is C33H44N4O2. The van der Waals surface area contributed by atoms with Crippen LogP contribution in [0.15, 0.2) is 48.5 Å². The van der Waals surface area contributed by atoms with E-state index in [2.05, 4.69) is 48.9 Å². The van der Waals surface area contributed by atoms with Crippen LogP contribution in [0.5, 0.6) is 0 Å². The molecule has 2 aliphatic carbocycles. The monoisotopic (exact) mass is 528 g/mol.